The molecule has 1 aliphatic heterocycles. The number of methoxy groups -OCH3 is 1. The maximum Gasteiger partial charge on any atom is 0.264 e. The van der Waals surface area contributed by atoms with E-state index < -0.39 is 0 Å². The molecule has 1 N–H and O–H groups in total. The number of amides is 2. The lowest BCUT2D eigenvalue weighted by Crippen LogP contribution is -2.52. The molecule has 2 amide bonds. The van der Waals surface area contributed by atoms with E-state index >= 15 is 0 Å². The van der Waals surface area contributed by atoms with Gasteiger partial charge < -0.3 is 19.9 Å². The first-order valence-electron chi connectivity index (χ1n) is 7.02. The number of nitrogens with zero attached hydrogens (tertiary/aromatic N) is 2. The summed E-state index contributed by atoms with van der Waals surface area (Å²) < 4.78 is 4.91. The molecule has 0 atom stereocenters. The summed E-state index contributed by atoms with van der Waals surface area (Å²) in [6, 6.07) is 3.72. The van der Waals surface area contributed by atoms with Gasteiger partial charge in [-0.1, -0.05) is 6.07 Å². The number of hydrogen-bond donors (Lipinski definition) is 1. The number of rotatable bonds is 6. The standard InChI is InChI=1S/C14H21N3O3S.ClH/c1-20-9-4-15-11-13(18)16-5-7-17(8-6-16)14(19)12-3-2-10-21-12;/h2-3,10,15H,4-9,11H2,1H3;1H. The average Bonchev–Trinajstić information content (AvgIpc) is 3.05. The van der Waals surface area contributed by atoms with E-state index in [1.54, 1.807) is 12.0 Å². The summed E-state index contributed by atoms with van der Waals surface area (Å²) in [6.45, 7) is 3.97. The highest BCUT2D eigenvalue weighted by Gasteiger charge is 2.24. The molecule has 124 valence electrons. The van der Waals surface area contributed by atoms with Gasteiger partial charge in [-0.2, -0.15) is 0 Å². The van der Waals surface area contributed by atoms with E-state index in [1.807, 2.05) is 22.4 Å². The smallest absolute Gasteiger partial charge is 0.264 e. The van der Waals surface area contributed by atoms with Crippen molar-refractivity contribution in [3.05, 3.63) is 22.4 Å². The molecule has 2 heterocycles. The Bertz CT molecular complexity index is 462. The third-order valence-corrected chi connectivity index (χ3v) is 4.27. The zero-order valence-electron chi connectivity index (χ0n) is 12.6. The fraction of sp³-hybridized carbons (Fsp3) is 0.571. The van der Waals surface area contributed by atoms with Crippen LogP contribution in [-0.2, 0) is 9.53 Å². The number of thiophene rings is 1. The van der Waals surface area contributed by atoms with Crippen LogP contribution >= 0.6 is 23.7 Å². The van der Waals surface area contributed by atoms with Crippen LogP contribution in [0.3, 0.4) is 0 Å². The molecule has 1 fully saturated rings. The van der Waals surface area contributed by atoms with Gasteiger partial charge in [-0.25, -0.2) is 0 Å². The molecule has 1 saturated heterocycles. The van der Waals surface area contributed by atoms with Crippen LogP contribution in [-0.4, -0.2) is 74.6 Å². The van der Waals surface area contributed by atoms with E-state index in [-0.39, 0.29) is 24.2 Å². The number of carbonyl (C=O) groups is 2. The average molecular weight is 348 g/mol. The van der Waals surface area contributed by atoms with Crippen molar-refractivity contribution in [2.75, 3.05) is 53.0 Å². The first kappa shape index (κ1) is 18.9. The largest absolute Gasteiger partial charge is 0.383 e. The van der Waals surface area contributed by atoms with Crippen LogP contribution < -0.4 is 5.32 Å². The molecule has 2 rings (SSSR count). The van der Waals surface area contributed by atoms with E-state index in [0.29, 0.717) is 45.9 Å². The molecular formula is C14H22ClN3O3S. The summed E-state index contributed by atoms with van der Waals surface area (Å²) in [5.74, 6) is 0.143. The minimum absolute atomic E-state index is 0. The highest BCUT2D eigenvalue weighted by atomic mass is 35.5. The summed E-state index contributed by atoms with van der Waals surface area (Å²) in [5.41, 5.74) is 0. The predicted octanol–water partition coefficient (Wildman–Crippen LogP) is 0.690. The van der Waals surface area contributed by atoms with E-state index in [2.05, 4.69) is 5.32 Å². The molecule has 0 bridgehead atoms. The molecule has 1 aromatic heterocycles. The van der Waals surface area contributed by atoms with Crippen LogP contribution in [0.2, 0.25) is 0 Å². The fourth-order valence-electron chi connectivity index (χ4n) is 2.20. The number of piperazine rings is 1. The van der Waals surface area contributed by atoms with Crippen LogP contribution in [0, 0.1) is 0 Å². The monoisotopic (exact) mass is 347 g/mol. The Morgan fingerprint density at radius 1 is 1.27 bits per heavy atom. The molecule has 6 nitrogen and oxygen atoms in total. The quantitative estimate of drug-likeness (QED) is 0.769. The Labute approximate surface area is 140 Å². The summed E-state index contributed by atoms with van der Waals surface area (Å²) in [7, 11) is 1.63. The Morgan fingerprint density at radius 2 is 1.95 bits per heavy atom. The minimum Gasteiger partial charge on any atom is -0.383 e. The van der Waals surface area contributed by atoms with Gasteiger partial charge in [0, 0.05) is 39.8 Å². The lowest BCUT2D eigenvalue weighted by molar-refractivity contribution is -0.131. The maximum atomic E-state index is 12.2. The Kier molecular flexibility index (Phi) is 8.40. The molecule has 0 spiro atoms. The molecule has 0 aromatic carbocycles. The van der Waals surface area contributed by atoms with Crippen molar-refractivity contribution >= 4 is 35.6 Å². The summed E-state index contributed by atoms with van der Waals surface area (Å²) in [5, 5.41) is 4.95. The van der Waals surface area contributed by atoms with Crippen LogP contribution in [0.15, 0.2) is 17.5 Å². The molecular weight excluding hydrogens is 326 g/mol. The molecule has 0 aliphatic carbocycles. The van der Waals surface area contributed by atoms with Gasteiger partial charge in [0.1, 0.15) is 0 Å². The highest BCUT2D eigenvalue weighted by molar-refractivity contribution is 7.12. The molecule has 22 heavy (non-hydrogen) atoms. The van der Waals surface area contributed by atoms with Crippen molar-refractivity contribution in [3.63, 3.8) is 0 Å². The summed E-state index contributed by atoms with van der Waals surface area (Å²) in [4.78, 5) is 28.6. The maximum absolute atomic E-state index is 12.2. The van der Waals surface area contributed by atoms with Crippen molar-refractivity contribution in [1.82, 2.24) is 15.1 Å². The zero-order valence-corrected chi connectivity index (χ0v) is 14.3. The topological polar surface area (TPSA) is 61.9 Å². The lowest BCUT2D eigenvalue weighted by Gasteiger charge is -2.34. The van der Waals surface area contributed by atoms with Gasteiger partial charge in [-0.05, 0) is 11.4 Å². The Morgan fingerprint density at radius 3 is 2.55 bits per heavy atom. The second-order valence-electron chi connectivity index (χ2n) is 4.82. The Balaban J connectivity index is 0.00000242. The minimum atomic E-state index is 0. The first-order valence-corrected chi connectivity index (χ1v) is 7.90. The van der Waals surface area contributed by atoms with Gasteiger partial charge in [0.05, 0.1) is 18.0 Å². The number of nitrogens with one attached hydrogen (secondary N) is 1. The lowest BCUT2D eigenvalue weighted by atomic mass is 10.3. The van der Waals surface area contributed by atoms with Gasteiger partial charge in [0.25, 0.3) is 5.91 Å². The van der Waals surface area contributed by atoms with Crippen molar-refractivity contribution in [1.29, 1.82) is 0 Å². The van der Waals surface area contributed by atoms with Crippen molar-refractivity contribution in [2.24, 2.45) is 0 Å². The first-order chi connectivity index (χ1) is 10.2. The second kappa shape index (κ2) is 9.78. The van der Waals surface area contributed by atoms with Crippen LogP contribution in [0.4, 0.5) is 0 Å². The molecule has 0 unspecified atom stereocenters. The Hall–Kier alpha value is -1.15. The van der Waals surface area contributed by atoms with Crippen molar-refractivity contribution < 1.29 is 14.3 Å². The third kappa shape index (κ3) is 5.24. The van der Waals surface area contributed by atoms with E-state index in [1.165, 1.54) is 11.3 Å². The molecule has 8 heteroatoms. The van der Waals surface area contributed by atoms with Gasteiger partial charge in [0.15, 0.2) is 0 Å². The van der Waals surface area contributed by atoms with E-state index in [0.717, 1.165) is 4.88 Å². The van der Waals surface area contributed by atoms with Gasteiger partial charge in [-0.15, -0.1) is 23.7 Å². The molecule has 1 aromatic rings. The van der Waals surface area contributed by atoms with E-state index in [9.17, 15) is 9.59 Å². The molecule has 0 radical (unpaired) electrons. The van der Waals surface area contributed by atoms with Gasteiger partial charge in [0.2, 0.25) is 5.91 Å². The normalized spacial score (nSPS) is 14.6. The molecule has 0 saturated carbocycles. The van der Waals surface area contributed by atoms with Crippen molar-refractivity contribution in [3.8, 4) is 0 Å². The third-order valence-electron chi connectivity index (χ3n) is 3.41. The second-order valence-corrected chi connectivity index (χ2v) is 5.77. The highest BCUT2D eigenvalue weighted by Crippen LogP contribution is 2.13. The summed E-state index contributed by atoms with van der Waals surface area (Å²) >= 11 is 1.45. The van der Waals surface area contributed by atoms with E-state index in [4.69, 9.17) is 4.74 Å². The predicted molar refractivity (Wildman–Crippen MR) is 88.8 cm³/mol. The van der Waals surface area contributed by atoms with Crippen molar-refractivity contribution in [2.45, 2.75) is 0 Å². The van der Waals surface area contributed by atoms with Gasteiger partial charge >= 0.3 is 0 Å². The number of hydrogen-bond acceptors (Lipinski definition) is 5. The SMILES string of the molecule is COCCNCC(=O)N1CCN(C(=O)c2cccs2)CC1.Cl. The fourth-order valence-corrected chi connectivity index (χ4v) is 2.89. The van der Waals surface area contributed by atoms with Crippen LogP contribution in [0.25, 0.3) is 0 Å². The van der Waals surface area contributed by atoms with Gasteiger partial charge in [-0.3, -0.25) is 9.59 Å². The number of carbonyl (C=O) groups excluding carboxylic acids is 2. The number of halogens is 1. The summed E-state index contributed by atoms with van der Waals surface area (Å²) in [6.07, 6.45) is 0. The van der Waals surface area contributed by atoms with Crippen LogP contribution in [0.1, 0.15) is 9.67 Å². The van der Waals surface area contributed by atoms with Crippen LogP contribution in [0.5, 0.6) is 0 Å². The zero-order chi connectivity index (χ0) is 15.1. The molecule has 1 aliphatic rings. The number of ether oxygens (including phenoxy) is 1.